The highest BCUT2D eigenvalue weighted by Crippen LogP contribution is 2.41. The number of benzene rings is 3. The number of anilines is 2. The van der Waals surface area contributed by atoms with E-state index in [0.29, 0.717) is 12.1 Å². The summed E-state index contributed by atoms with van der Waals surface area (Å²) in [5, 5.41) is 8.60. The third-order valence-corrected chi connectivity index (χ3v) is 8.87. The number of carbonyl (C=O) groups is 2. The summed E-state index contributed by atoms with van der Waals surface area (Å²) in [6.07, 6.45) is -7.44. The van der Waals surface area contributed by atoms with Crippen LogP contribution in [0, 0.1) is 5.82 Å². The lowest BCUT2D eigenvalue weighted by molar-refractivity contribution is -0.140. The Kier molecular flexibility index (Phi) is 9.59. The van der Waals surface area contributed by atoms with Gasteiger partial charge in [0.2, 0.25) is 5.91 Å². The second kappa shape index (κ2) is 13.3. The van der Waals surface area contributed by atoms with Gasteiger partial charge in [-0.3, -0.25) is 9.59 Å². The second-order valence-electron chi connectivity index (χ2n) is 10.8. The molecule has 14 heteroatoms. The molecule has 1 aliphatic rings. The van der Waals surface area contributed by atoms with Crippen LogP contribution in [0.3, 0.4) is 0 Å². The first-order chi connectivity index (χ1) is 21.7. The van der Waals surface area contributed by atoms with Crippen LogP contribution in [0.1, 0.15) is 57.1 Å². The first-order valence-electron chi connectivity index (χ1n) is 14.2. The lowest BCUT2D eigenvalue weighted by Gasteiger charge is -2.17. The van der Waals surface area contributed by atoms with Crippen molar-refractivity contribution in [1.29, 1.82) is 0 Å². The van der Waals surface area contributed by atoms with Crippen LogP contribution in [0.25, 0.3) is 10.1 Å². The second-order valence-corrected chi connectivity index (χ2v) is 12.0. The molecule has 5 rings (SSSR count). The fourth-order valence-corrected chi connectivity index (χ4v) is 6.64. The van der Waals surface area contributed by atoms with Crippen molar-refractivity contribution in [2.24, 2.45) is 0 Å². The van der Waals surface area contributed by atoms with E-state index >= 15 is 0 Å². The lowest BCUT2D eigenvalue weighted by Crippen LogP contribution is -2.18. The van der Waals surface area contributed by atoms with Crippen LogP contribution in [-0.2, 0) is 23.6 Å². The maximum absolute atomic E-state index is 13.7. The van der Waals surface area contributed by atoms with Gasteiger partial charge in [0.25, 0.3) is 5.91 Å². The Hall–Kier alpha value is -4.17. The molecule has 6 nitrogen and oxygen atoms in total. The highest BCUT2D eigenvalue weighted by molar-refractivity contribution is 7.20. The van der Waals surface area contributed by atoms with Gasteiger partial charge in [0.15, 0.2) is 0 Å². The molecule has 0 saturated carbocycles. The molecule has 0 spiro atoms. The van der Waals surface area contributed by atoms with Gasteiger partial charge in [0.1, 0.15) is 11.6 Å². The quantitative estimate of drug-likeness (QED) is 0.173. The van der Waals surface area contributed by atoms with Gasteiger partial charge in [0, 0.05) is 20.7 Å². The van der Waals surface area contributed by atoms with Crippen molar-refractivity contribution < 1.29 is 45.1 Å². The summed E-state index contributed by atoms with van der Waals surface area (Å²) in [5.41, 5.74) is -1.65. The zero-order chi connectivity index (χ0) is 33.2. The first kappa shape index (κ1) is 33.2. The Morgan fingerprint density at radius 3 is 2.43 bits per heavy atom. The molecule has 0 radical (unpaired) electrons. The molecular formula is C32H28F7N3O3S. The third-order valence-electron chi connectivity index (χ3n) is 7.72. The molecule has 3 aromatic carbocycles. The van der Waals surface area contributed by atoms with Crippen LogP contribution in [0.5, 0.6) is 5.75 Å². The van der Waals surface area contributed by atoms with Gasteiger partial charge in [0.05, 0.1) is 35.9 Å². The number of rotatable bonds is 7. The van der Waals surface area contributed by atoms with Crippen LogP contribution in [0.4, 0.5) is 42.1 Å². The molecule has 4 aromatic rings. The molecule has 1 aliphatic heterocycles. The number of thiophene rings is 1. The molecule has 3 N–H and O–H groups in total. The smallest absolute Gasteiger partial charge is 0.419 e. The Labute approximate surface area is 262 Å². The lowest BCUT2D eigenvalue weighted by atomic mass is 9.90. The number of amides is 2. The van der Waals surface area contributed by atoms with E-state index in [4.69, 9.17) is 4.74 Å². The number of alkyl halides is 6. The van der Waals surface area contributed by atoms with Gasteiger partial charge in [-0.2, -0.15) is 26.3 Å². The first-order valence-corrected chi connectivity index (χ1v) is 15.1. The maximum Gasteiger partial charge on any atom is 0.419 e. The molecule has 2 heterocycles. The molecule has 244 valence electrons. The Bertz CT molecular complexity index is 1760. The van der Waals surface area contributed by atoms with Crippen LogP contribution in [0.2, 0.25) is 0 Å². The summed E-state index contributed by atoms with van der Waals surface area (Å²) in [4.78, 5) is 26.9. The van der Waals surface area contributed by atoms with E-state index in [1.54, 1.807) is 12.1 Å². The molecule has 0 bridgehead atoms. The van der Waals surface area contributed by atoms with Crippen molar-refractivity contribution in [2.75, 3.05) is 30.8 Å². The average molecular weight is 668 g/mol. The van der Waals surface area contributed by atoms with Crippen LogP contribution < -0.4 is 20.7 Å². The number of nitrogens with one attached hydrogen (secondary N) is 3. The predicted octanol–water partition coefficient (Wildman–Crippen LogP) is 8.38. The highest BCUT2D eigenvalue weighted by Gasteiger charge is 2.35. The van der Waals surface area contributed by atoms with Crippen LogP contribution in [-0.4, -0.2) is 32.0 Å². The summed E-state index contributed by atoms with van der Waals surface area (Å²) in [6, 6.07) is 10.2. The largest absolute Gasteiger partial charge is 0.496 e. The molecule has 1 aromatic heterocycles. The van der Waals surface area contributed by atoms with Gasteiger partial charge in [-0.25, -0.2) is 4.39 Å². The summed E-state index contributed by atoms with van der Waals surface area (Å²) in [6.45, 7) is 1.71. The van der Waals surface area contributed by atoms with E-state index in [2.05, 4.69) is 16.0 Å². The Morgan fingerprint density at radius 2 is 1.72 bits per heavy atom. The van der Waals surface area contributed by atoms with Crippen molar-refractivity contribution in [2.45, 2.75) is 44.0 Å². The van der Waals surface area contributed by atoms with Gasteiger partial charge in [-0.1, -0.05) is 12.1 Å². The van der Waals surface area contributed by atoms with E-state index in [1.807, 2.05) is 6.07 Å². The molecule has 1 unspecified atom stereocenters. The average Bonchev–Trinajstić information content (AvgIpc) is 3.14. The van der Waals surface area contributed by atoms with Gasteiger partial charge in [-0.05, 0) is 86.3 Å². The molecule has 1 fully saturated rings. The zero-order valence-electron chi connectivity index (χ0n) is 24.3. The maximum atomic E-state index is 13.7. The van der Waals surface area contributed by atoms with Crippen LogP contribution in [0.15, 0.2) is 54.6 Å². The number of hydrogen-bond acceptors (Lipinski definition) is 5. The van der Waals surface area contributed by atoms with Crippen molar-refractivity contribution >= 4 is 44.6 Å². The van der Waals surface area contributed by atoms with Gasteiger partial charge < -0.3 is 20.7 Å². The summed E-state index contributed by atoms with van der Waals surface area (Å²) < 4.78 is 99.3. The minimum absolute atomic E-state index is 0.0788. The number of ether oxygens (including phenoxy) is 1. The summed E-state index contributed by atoms with van der Waals surface area (Å²) in [7, 11) is 1.40. The number of hydrogen-bond donors (Lipinski definition) is 3. The van der Waals surface area contributed by atoms with Crippen LogP contribution >= 0.6 is 11.3 Å². The number of fused-ring (bicyclic) bond motifs is 1. The fraction of sp³-hybridized carbons (Fsp3) is 0.312. The molecule has 0 aliphatic carbocycles. The highest BCUT2D eigenvalue weighted by atomic mass is 32.1. The zero-order valence-corrected chi connectivity index (χ0v) is 25.1. The third kappa shape index (κ3) is 7.44. The van der Waals surface area contributed by atoms with Crippen molar-refractivity contribution in [3.8, 4) is 5.75 Å². The fourth-order valence-electron chi connectivity index (χ4n) is 5.45. The van der Waals surface area contributed by atoms with Crippen molar-refractivity contribution in [3.63, 3.8) is 0 Å². The minimum atomic E-state index is -5.00. The normalized spacial score (nSPS) is 15.8. The van der Waals surface area contributed by atoms with Crippen molar-refractivity contribution in [3.05, 3.63) is 87.5 Å². The van der Waals surface area contributed by atoms with Gasteiger partial charge in [-0.15, -0.1) is 11.3 Å². The number of carbonyl (C=O) groups excluding carboxylic acids is 2. The predicted molar refractivity (Wildman–Crippen MR) is 161 cm³/mol. The number of halogens is 7. The Balaban J connectivity index is 1.48. The van der Waals surface area contributed by atoms with Gasteiger partial charge >= 0.3 is 12.4 Å². The molecule has 1 saturated heterocycles. The topological polar surface area (TPSA) is 79.5 Å². The standard InChI is InChI=1S/C32H28F7N3O3S/c1-45-25-9-4-18(17-3-2-11-40-12-10-17)13-22(25)30(44)42-29-21-7-5-19(31(34,35)36)14-26(21)46-27(29)16-28(43)41-20-6-8-24(33)23(15-20)32(37,38)39/h4-9,13-15,17,40H,2-3,10-12,16H2,1H3,(H,41,43)(H,42,44). The molecule has 46 heavy (non-hydrogen) atoms. The Morgan fingerprint density at radius 1 is 0.935 bits per heavy atom. The monoisotopic (exact) mass is 667 g/mol. The van der Waals surface area contributed by atoms with E-state index in [1.165, 1.54) is 13.2 Å². The summed E-state index contributed by atoms with van der Waals surface area (Å²) >= 11 is 0.824. The number of methoxy groups -OCH3 is 1. The molecule has 2 amide bonds. The molecule has 1 atom stereocenters. The SMILES string of the molecule is COc1ccc(C2CCCNCC2)cc1C(=O)Nc1c(CC(=O)Nc2ccc(F)c(C(F)(F)F)c2)sc2cc(C(F)(F)F)ccc12. The van der Waals surface area contributed by atoms with Crippen molar-refractivity contribution in [1.82, 2.24) is 5.32 Å². The van der Waals surface area contributed by atoms with E-state index in [0.717, 1.165) is 67.5 Å². The molecular weight excluding hydrogens is 639 g/mol. The van der Waals surface area contributed by atoms with E-state index in [-0.39, 0.29) is 43.6 Å². The summed E-state index contributed by atoms with van der Waals surface area (Å²) in [5.74, 6) is -2.52. The van der Waals surface area contributed by atoms with E-state index in [9.17, 15) is 40.3 Å². The van der Waals surface area contributed by atoms with E-state index < -0.39 is 47.5 Å². The minimum Gasteiger partial charge on any atom is -0.496 e.